The number of halogens is 3. The number of fused-ring (bicyclic) bond motifs is 2. The molecule has 7 nitrogen and oxygen atoms in total. The van der Waals surface area contributed by atoms with Gasteiger partial charge in [-0.15, -0.1) is 0 Å². The Morgan fingerprint density at radius 1 is 1.09 bits per heavy atom. The fraction of sp³-hybridized carbons (Fsp3) is 0.455. The SMILES string of the molecule is O=C1[C@@H](CCCc2cccc3ncnn23)C[C@H]2CN(c3ccc(C(F)(F)F)cn3)CCN12. The number of anilines is 1. The summed E-state index contributed by atoms with van der Waals surface area (Å²) in [4.78, 5) is 25.0. The molecule has 3 aromatic heterocycles. The molecule has 2 aliphatic heterocycles. The Kier molecular flexibility index (Phi) is 5.22. The first-order valence-electron chi connectivity index (χ1n) is 10.8. The number of pyridine rings is 2. The normalized spacial score (nSPS) is 21.4. The molecule has 2 aliphatic rings. The van der Waals surface area contributed by atoms with Gasteiger partial charge < -0.3 is 9.80 Å². The van der Waals surface area contributed by atoms with Crippen molar-refractivity contribution in [2.75, 3.05) is 24.5 Å². The summed E-state index contributed by atoms with van der Waals surface area (Å²) in [6.07, 6.45) is 1.28. The second-order valence-corrected chi connectivity index (χ2v) is 8.41. The van der Waals surface area contributed by atoms with Crippen LogP contribution < -0.4 is 4.90 Å². The van der Waals surface area contributed by atoms with Gasteiger partial charge in [0.2, 0.25) is 5.91 Å². The molecule has 168 valence electrons. The molecule has 0 unspecified atom stereocenters. The van der Waals surface area contributed by atoms with Crippen molar-refractivity contribution in [3.05, 3.63) is 54.1 Å². The molecule has 32 heavy (non-hydrogen) atoms. The van der Waals surface area contributed by atoms with E-state index in [0.717, 1.165) is 49.3 Å². The van der Waals surface area contributed by atoms with Crippen LogP contribution >= 0.6 is 0 Å². The highest BCUT2D eigenvalue weighted by atomic mass is 19.4. The van der Waals surface area contributed by atoms with Crippen LogP contribution in [0, 0.1) is 5.92 Å². The van der Waals surface area contributed by atoms with Crippen LogP contribution in [0.2, 0.25) is 0 Å². The summed E-state index contributed by atoms with van der Waals surface area (Å²) in [7, 11) is 0. The van der Waals surface area contributed by atoms with Crippen molar-refractivity contribution < 1.29 is 18.0 Å². The van der Waals surface area contributed by atoms with E-state index < -0.39 is 11.7 Å². The molecule has 0 N–H and O–H groups in total. The lowest BCUT2D eigenvalue weighted by Gasteiger charge is -2.38. The highest BCUT2D eigenvalue weighted by Crippen LogP contribution is 2.33. The molecular weight excluding hydrogens is 421 g/mol. The number of hydrogen-bond donors (Lipinski definition) is 0. The summed E-state index contributed by atoms with van der Waals surface area (Å²) in [6, 6.07) is 8.45. The Balaban J connectivity index is 1.18. The van der Waals surface area contributed by atoms with Crippen molar-refractivity contribution in [3.63, 3.8) is 0 Å². The second kappa shape index (κ2) is 8.07. The Bertz CT molecular complexity index is 1110. The topological polar surface area (TPSA) is 66.6 Å². The zero-order chi connectivity index (χ0) is 22.3. The number of carbonyl (C=O) groups excluding carboxylic acids is 1. The minimum Gasteiger partial charge on any atom is -0.353 e. The Hall–Kier alpha value is -3.17. The molecule has 0 aliphatic carbocycles. The number of aryl methyl sites for hydroxylation is 1. The van der Waals surface area contributed by atoms with Crippen LogP contribution in [0.4, 0.5) is 19.0 Å². The van der Waals surface area contributed by atoms with Crippen LogP contribution in [0.1, 0.15) is 30.5 Å². The van der Waals surface area contributed by atoms with Crippen molar-refractivity contribution in [1.29, 1.82) is 0 Å². The average Bonchev–Trinajstić information content (AvgIpc) is 3.38. The molecule has 0 aromatic carbocycles. The minimum absolute atomic E-state index is 0.0181. The maximum Gasteiger partial charge on any atom is 0.417 e. The summed E-state index contributed by atoms with van der Waals surface area (Å²) in [5.74, 6) is 0.693. The van der Waals surface area contributed by atoms with Gasteiger partial charge in [-0.2, -0.15) is 18.3 Å². The van der Waals surface area contributed by atoms with Gasteiger partial charge in [-0.25, -0.2) is 14.5 Å². The predicted molar refractivity (Wildman–Crippen MR) is 111 cm³/mol. The number of amides is 1. The van der Waals surface area contributed by atoms with E-state index in [-0.39, 0.29) is 17.9 Å². The van der Waals surface area contributed by atoms with Crippen LogP contribution in [0.5, 0.6) is 0 Å². The number of hydrogen-bond acceptors (Lipinski definition) is 5. The zero-order valence-corrected chi connectivity index (χ0v) is 17.4. The summed E-state index contributed by atoms with van der Waals surface area (Å²) in [5, 5.41) is 4.26. The standard InChI is InChI=1S/C22H23F3N6O/c23-22(24,25)16-7-8-19(26-12-16)29-9-10-30-18(13-29)11-15(21(30)32)3-1-4-17-5-2-6-20-27-14-28-31(17)20/h2,5-8,12,14-15,18H,1,3-4,9-11,13H2/t15-,18-/m0/s1. The number of rotatable bonds is 5. The van der Waals surface area contributed by atoms with Gasteiger partial charge in [0, 0.05) is 37.4 Å². The lowest BCUT2D eigenvalue weighted by atomic mass is 9.97. The third-order valence-corrected chi connectivity index (χ3v) is 6.44. The molecule has 0 spiro atoms. The lowest BCUT2D eigenvalue weighted by molar-refractivity contribution is -0.138. The van der Waals surface area contributed by atoms with E-state index in [4.69, 9.17) is 0 Å². The maximum atomic E-state index is 12.9. The Labute approximate surface area is 182 Å². The van der Waals surface area contributed by atoms with Gasteiger partial charge in [0.1, 0.15) is 12.1 Å². The quantitative estimate of drug-likeness (QED) is 0.605. The fourth-order valence-electron chi connectivity index (χ4n) is 4.82. The minimum atomic E-state index is -4.39. The van der Waals surface area contributed by atoms with Gasteiger partial charge >= 0.3 is 6.18 Å². The fourth-order valence-corrected chi connectivity index (χ4v) is 4.82. The third-order valence-electron chi connectivity index (χ3n) is 6.44. The van der Waals surface area contributed by atoms with Gasteiger partial charge in [-0.1, -0.05) is 6.07 Å². The smallest absolute Gasteiger partial charge is 0.353 e. The van der Waals surface area contributed by atoms with Crippen molar-refractivity contribution in [3.8, 4) is 0 Å². The lowest BCUT2D eigenvalue weighted by Crippen LogP contribution is -2.51. The maximum absolute atomic E-state index is 12.9. The Morgan fingerprint density at radius 2 is 1.97 bits per heavy atom. The summed E-state index contributed by atoms with van der Waals surface area (Å²) < 4.78 is 40.2. The monoisotopic (exact) mass is 444 g/mol. The molecule has 3 aromatic rings. The van der Waals surface area contributed by atoms with Crippen LogP contribution in [0.3, 0.4) is 0 Å². The molecular formula is C22H23F3N6O. The van der Waals surface area contributed by atoms with Crippen molar-refractivity contribution in [2.45, 2.75) is 37.9 Å². The molecule has 0 saturated carbocycles. The van der Waals surface area contributed by atoms with E-state index in [1.807, 2.05) is 32.5 Å². The van der Waals surface area contributed by atoms with Crippen LogP contribution in [-0.4, -0.2) is 56.1 Å². The van der Waals surface area contributed by atoms with Gasteiger partial charge in [0.05, 0.1) is 11.6 Å². The van der Waals surface area contributed by atoms with Crippen molar-refractivity contribution >= 4 is 17.4 Å². The van der Waals surface area contributed by atoms with Crippen LogP contribution in [0.25, 0.3) is 5.65 Å². The average molecular weight is 444 g/mol. The van der Waals surface area contributed by atoms with Crippen LogP contribution in [0.15, 0.2) is 42.9 Å². The molecule has 10 heteroatoms. The van der Waals surface area contributed by atoms with Crippen molar-refractivity contribution in [1.82, 2.24) is 24.5 Å². The van der Waals surface area contributed by atoms with E-state index in [0.29, 0.717) is 25.5 Å². The largest absolute Gasteiger partial charge is 0.417 e. The highest BCUT2D eigenvalue weighted by molar-refractivity contribution is 5.82. The molecule has 2 fully saturated rings. The molecule has 2 saturated heterocycles. The number of piperazine rings is 1. The molecule has 0 bridgehead atoms. The molecule has 2 atom stereocenters. The number of alkyl halides is 3. The molecule has 0 radical (unpaired) electrons. The first-order chi connectivity index (χ1) is 15.4. The van der Waals surface area contributed by atoms with E-state index >= 15 is 0 Å². The number of carbonyl (C=O) groups is 1. The Morgan fingerprint density at radius 3 is 2.75 bits per heavy atom. The van der Waals surface area contributed by atoms with E-state index in [1.54, 1.807) is 0 Å². The van der Waals surface area contributed by atoms with E-state index in [1.165, 1.54) is 12.4 Å². The second-order valence-electron chi connectivity index (χ2n) is 8.41. The highest BCUT2D eigenvalue weighted by Gasteiger charge is 2.42. The predicted octanol–water partition coefficient (Wildman–Crippen LogP) is 3.20. The molecule has 5 heterocycles. The number of nitrogens with zero attached hydrogens (tertiary/aromatic N) is 6. The first kappa shape index (κ1) is 20.7. The van der Waals surface area contributed by atoms with Gasteiger partial charge in [0.25, 0.3) is 0 Å². The van der Waals surface area contributed by atoms with Crippen LogP contribution in [-0.2, 0) is 17.4 Å². The number of aromatic nitrogens is 4. The zero-order valence-electron chi connectivity index (χ0n) is 17.4. The molecule has 1 amide bonds. The van der Waals surface area contributed by atoms with Gasteiger partial charge in [-0.05, 0) is 49.9 Å². The summed E-state index contributed by atoms with van der Waals surface area (Å²) in [6.45, 7) is 1.74. The first-order valence-corrected chi connectivity index (χ1v) is 10.8. The van der Waals surface area contributed by atoms with Crippen molar-refractivity contribution in [2.24, 2.45) is 5.92 Å². The third kappa shape index (κ3) is 3.89. The summed E-state index contributed by atoms with van der Waals surface area (Å²) in [5.41, 5.74) is 1.13. The van der Waals surface area contributed by atoms with Gasteiger partial charge in [-0.3, -0.25) is 4.79 Å². The van der Waals surface area contributed by atoms with E-state index in [9.17, 15) is 18.0 Å². The molecule has 5 rings (SSSR count). The van der Waals surface area contributed by atoms with Gasteiger partial charge in [0.15, 0.2) is 5.65 Å². The summed E-state index contributed by atoms with van der Waals surface area (Å²) >= 11 is 0. The van der Waals surface area contributed by atoms with E-state index in [2.05, 4.69) is 15.1 Å².